The normalized spacial score (nSPS) is 10.1. The highest BCUT2D eigenvalue weighted by Gasteiger charge is 2.13. The van der Waals surface area contributed by atoms with Gasteiger partial charge in [0.15, 0.2) is 0 Å². The van der Waals surface area contributed by atoms with Gasteiger partial charge >= 0.3 is 5.97 Å². The standard InChI is InChI=1S/C15H14ClNO3/c1-19-11-6-7-14(17)12(8-11)15(18)20-9-10-4-2-3-5-13(10)16/h2-8H,9,17H2,1H3. The zero-order valence-electron chi connectivity index (χ0n) is 10.9. The second kappa shape index (κ2) is 6.30. The zero-order chi connectivity index (χ0) is 14.5. The topological polar surface area (TPSA) is 61.5 Å². The second-order valence-electron chi connectivity index (χ2n) is 4.12. The van der Waals surface area contributed by atoms with Crippen LogP contribution in [0.4, 0.5) is 5.69 Å². The Bertz CT molecular complexity index is 628. The average Bonchev–Trinajstić information content (AvgIpc) is 2.46. The minimum absolute atomic E-state index is 0.0924. The Morgan fingerprint density at radius 2 is 2.00 bits per heavy atom. The molecule has 0 saturated heterocycles. The SMILES string of the molecule is COc1ccc(N)c(C(=O)OCc2ccccc2Cl)c1. The Morgan fingerprint density at radius 1 is 1.25 bits per heavy atom. The predicted octanol–water partition coefficient (Wildman–Crippen LogP) is 3.29. The summed E-state index contributed by atoms with van der Waals surface area (Å²) >= 11 is 6.00. The van der Waals surface area contributed by atoms with Crippen molar-refractivity contribution in [2.75, 3.05) is 12.8 Å². The van der Waals surface area contributed by atoms with Crippen molar-refractivity contribution < 1.29 is 14.3 Å². The molecule has 5 heteroatoms. The number of nitrogen functional groups attached to an aromatic ring is 1. The first-order valence-corrected chi connectivity index (χ1v) is 6.33. The number of anilines is 1. The highest BCUT2D eigenvalue weighted by molar-refractivity contribution is 6.31. The number of rotatable bonds is 4. The summed E-state index contributed by atoms with van der Waals surface area (Å²) in [4.78, 5) is 12.0. The average molecular weight is 292 g/mol. The number of benzene rings is 2. The summed E-state index contributed by atoms with van der Waals surface area (Å²) in [7, 11) is 1.52. The van der Waals surface area contributed by atoms with E-state index in [-0.39, 0.29) is 12.2 Å². The monoisotopic (exact) mass is 291 g/mol. The molecular weight excluding hydrogens is 278 g/mol. The molecule has 2 aromatic rings. The molecule has 2 N–H and O–H groups in total. The molecule has 0 aliphatic heterocycles. The van der Waals surface area contributed by atoms with E-state index in [1.54, 1.807) is 30.3 Å². The maximum Gasteiger partial charge on any atom is 0.340 e. The fourth-order valence-corrected chi connectivity index (χ4v) is 1.87. The molecule has 0 radical (unpaired) electrons. The minimum atomic E-state index is -0.513. The van der Waals surface area contributed by atoms with Crippen molar-refractivity contribution in [2.45, 2.75) is 6.61 Å². The summed E-state index contributed by atoms with van der Waals surface area (Å²) < 4.78 is 10.3. The van der Waals surface area contributed by atoms with Crippen molar-refractivity contribution in [3.63, 3.8) is 0 Å². The molecule has 0 spiro atoms. The van der Waals surface area contributed by atoms with Crippen LogP contribution in [-0.4, -0.2) is 13.1 Å². The molecular formula is C15H14ClNO3. The maximum atomic E-state index is 12.0. The molecule has 0 atom stereocenters. The smallest absolute Gasteiger partial charge is 0.340 e. The van der Waals surface area contributed by atoms with E-state index in [0.717, 1.165) is 5.56 Å². The molecule has 0 bridgehead atoms. The van der Waals surface area contributed by atoms with Gasteiger partial charge in [0.25, 0.3) is 0 Å². The number of hydrogen-bond donors (Lipinski definition) is 1. The van der Waals surface area contributed by atoms with Crippen LogP contribution in [0.5, 0.6) is 5.75 Å². The van der Waals surface area contributed by atoms with Gasteiger partial charge in [0, 0.05) is 16.3 Å². The van der Waals surface area contributed by atoms with Gasteiger partial charge in [-0.2, -0.15) is 0 Å². The molecule has 2 aromatic carbocycles. The van der Waals surface area contributed by atoms with Crippen LogP contribution in [0.2, 0.25) is 5.02 Å². The molecule has 104 valence electrons. The third kappa shape index (κ3) is 3.22. The summed E-state index contributed by atoms with van der Waals surface area (Å²) in [6.07, 6.45) is 0. The van der Waals surface area contributed by atoms with Crippen molar-refractivity contribution >= 4 is 23.3 Å². The molecule has 0 aliphatic rings. The largest absolute Gasteiger partial charge is 0.497 e. The Hall–Kier alpha value is -2.20. The number of carbonyl (C=O) groups excluding carboxylic acids is 1. The van der Waals surface area contributed by atoms with E-state index in [9.17, 15) is 4.79 Å². The minimum Gasteiger partial charge on any atom is -0.497 e. The third-order valence-electron chi connectivity index (χ3n) is 2.80. The lowest BCUT2D eigenvalue weighted by Crippen LogP contribution is -2.08. The Kier molecular flexibility index (Phi) is 4.48. The molecule has 0 unspecified atom stereocenters. The van der Waals surface area contributed by atoms with E-state index in [2.05, 4.69) is 0 Å². The summed E-state index contributed by atoms with van der Waals surface area (Å²) in [5.41, 5.74) is 7.12. The predicted molar refractivity (Wildman–Crippen MR) is 78.0 cm³/mol. The zero-order valence-corrected chi connectivity index (χ0v) is 11.7. The number of methoxy groups -OCH3 is 1. The van der Waals surface area contributed by atoms with Crippen molar-refractivity contribution in [1.82, 2.24) is 0 Å². The van der Waals surface area contributed by atoms with Gasteiger partial charge in [-0.1, -0.05) is 29.8 Å². The summed E-state index contributed by atoms with van der Waals surface area (Å²) in [5, 5.41) is 0.555. The summed E-state index contributed by atoms with van der Waals surface area (Å²) in [6, 6.07) is 12.0. The van der Waals surface area contributed by atoms with Crippen LogP contribution in [-0.2, 0) is 11.3 Å². The Balaban J connectivity index is 2.11. The van der Waals surface area contributed by atoms with E-state index < -0.39 is 5.97 Å². The van der Waals surface area contributed by atoms with Crippen molar-refractivity contribution in [3.05, 3.63) is 58.6 Å². The molecule has 0 saturated carbocycles. The number of halogens is 1. The molecule has 0 aromatic heterocycles. The lowest BCUT2D eigenvalue weighted by Gasteiger charge is -2.09. The lowest BCUT2D eigenvalue weighted by molar-refractivity contribution is 0.0474. The first kappa shape index (κ1) is 14.2. The Labute approximate surface area is 122 Å². The van der Waals surface area contributed by atoms with E-state index in [4.69, 9.17) is 26.8 Å². The highest BCUT2D eigenvalue weighted by atomic mass is 35.5. The number of hydrogen-bond acceptors (Lipinski definition) is 4. The second-order valence-corrected chi connectivity index (χ2v) is 4.53. The third-order valence-corrected chi connectivity index (χ3v) is 3.17. The van der Waals surface area contributed by atoms with Crippen LogP contribution >= 0.6 is 11.6 Å². The summed E-state index contributed by atoms with van der Waals surface area (Å²) in [5.74, 6) is 0.0326. The number of ether oxygens (including phenoxy) is 2. The molecule has 2 rings (SSSR count). The van der Waals surface area contributed by atoms with Gasteiger partial charge in [-0.05, 0) is 24.3 Å². The van der Waals surface area contributed by atoms with Gasteiger partial charge in [0.05, 0.1) is 12.7 Å². The van der Waals surface area contributed by atoms with Crippen molar-refractivity contribution in [2.24, 2.45) is 0 Å². The Morgan fingerprint density at radius 3 is 2.70 bits per heavy atom. The van der Waals surface area contributed by atoms with Crippen LogP contribution in [0.1, 0.15) is 15.9 Å². The van der Waals surface area contributed by atoms with Gasteiger partial charge in [-0.15, -0.1) is 0 Å². The quantitative estimate of drug-likeness (QED) is 0.693. The van der Waals surface area contributed by atoms with E-state index in [0.29, 0.717) is 16.5 Å². The number of carbonyl (C=O) groups is 1. The van der Waals surface area contributed by atoms with E-state index in [1.807, 2.05) is 12.1 Å². The molecule has 20 heavy (non-hydrogen) atoms. The van der Waals surface area contributed by atoms with Crippen molar-refractivity contribution in [1.29, 1.82) is 0 Å². The van der Waals surface area contributed by atoms with Gasteiger partial charge in [-0.25, -0.2) is 4.79 Å². The first-order chi connectivity index (χ1) is 9.61. The molecule has 0 amide bonds. The maximum absolute atomic E-state index is 12.0. The van der Waals surface area contributed by atoms with Crippen molar-refractivity contribution in [3.8, 4) is 5.75 Å². The fourth-order valence-electron chi connectivity index (χ4n) is 1.68. The van der Waals surface area contributed by atoms with Crippen LogP contribution in [0.25, 0.3) is 0 Å². The highest BCUT2D eigenvalue weighted by Crippen LogP contribution is 2.21. The van der Waals surface area contributed by atoms with Crippen LogP contribution < -0.4 is 10.5 Å². The lowest BCUT2D eigenvalue weighted by atomic mass is 10.1. The summed E-state index contributed by atoms with van der Waals surface area (Å²) in [6.45, 7) is 0.0924. The van der Waals surface area contributed by atoms with Gasteiger partial charge < -0.3 is 15.2 Å². The van der Waals surface area contributed by atoms with Gasteiger partial charge in [0.2, 0.25) is 0 Å². The van der Waals surface area contributed by atoms with E-state index in [1.165, 1.54) is 7.11 Å². The number of nitrogens with two attached hydrogens (primary N) is 1. The number of esters is 1. The van der Waals surface area contributed by atoms with Crippen LogP contribution in [0.3, 0.4) is 0 Å². The van der Waals surface area contributed by atoms with Gasteiger partial charge in [-0.3, -0.25) is 0 Å². The van der Waals surface area contributed by atoms with Crippen LogP contribution in [0.15, 0.2) is 42.5 Å². The van der Waals surface area contributed by atoms with Crippen LogP contribution in [0, 0.1) is 0 Å². The molecule has 4 nitrogen and oxygen atoms in total. The fraction of sp³-hybridized carbons (Fsp3) is 0.133. The molecule has 0 aliphatic carbocycles. The van der Waals surface area contributed by atoms with E-state index >= 15 is 0 Å². The molecule has 0 fully saturated rings. The van der Waals surface area contributed by atoms with Gasteiger partial charge in [0.1, 0.15) is 12.4 Å². The first-order valence-electron chi connectivity index (χ1n) is 5.96. The molecule has 0 heterocycles.